The van der Waals surface area contributed by atoms with Crippen molar-refractivity contribution in [2.45, 2.75) is 6.92 Å². The predicted molar refractivity (Wildman–Crippen MR) is 360 cm³/mol. The van der Waals surface area contributed by atoms with Crippen LogP contribution in [-0.4, -0.2) is 4.98 Å². The van der Waals surface area contributed by atoms with Crippen molar-refractivity contribution in [2.75, 3.05) is 0 Å². The fourth-order valence-corrected chi connectivity index (χ4v) is 14.2. The maximum absolute atomic E-state index is 5.26. The molecule has 0 aliphatic rings. The van der Waals surface area contributed by atoms with E-state index in [0.29, 0.717) is 0 Å². The average Bonchev–Trinajstić information content (AvgIpc) is 0.755. The van der Waals surface area contributed by atoms with Crippen LogP contribution in [0.15, 0.2) is 303 Å². The van der Waals surface area contributed by atoms with Gasteiger partial charge in [0.05, 0.1) is 11.4 Å². The normalized spacial score (nSPS) is 11.6. The first-order valence-electron chi connectivity index (χ1n) is 28.9. The highest BCUT2D eigenvalue weighted by atomic mass is 32.1. The summed E-state index contributed by atoms with van der Waals surface area (Å²) in [6.07, 6.45) is 0. The van der Waals surface area contributed by atoms with Crippen LogP contribution in [-0.2, 0) is 0 Å². The number of fused-ring (bicyclic) bond motifs is 6. The molecular formula is C82H53NS. The second kappa shape index (κ2) is 20.5. The molecule has 2 heterocycles. The van der Waals surface area contributed by atoms with Crippen molar-refractivity contribution in [3.63, 3.8) is 0 Å². The number of pyridine rings is 1. The summed E-state index contributed by atoms with van der Waals surface area (Å²) in [4.78, 5) is 7.82. The topological polar surface area (TPSA) is 12.9 Å². The minimum atomic E-state index is 0.943. The second-order valence-electron chi connectivity index (χ2n) is 22.0. The van der Waals surface area contributed by atoms with Crippen molar-refractivity contribution in [2.24, 2.45) is 0 Å². The summed E-state index contributed by atoms with van der Waals surface area (Å²) in [6.45, 7) is 2.20. The molecule has 0 unspecified atom stereocenters. The Morgan fingerprint density at radius 1 is 0.226 bits per heavy atom. The molecule has 1 nitrogen and oxygen atoms in total. The van der Waals surface area contributed by atoms with Crippen molar-refractivity contribution in [1.82, 2.24) is 4.98 Å². The van der Waals surface area contributed by atoms with E-state index in [1.807, 2.05) is 11.3 Å². The van der Waals surface area contributed by atoms with Crippen LogP contribution in [0, 0.1) is 6.92 Å². The first kappa shape index (κ1) is 49.3. The maximum atomic E-state index is 5.26. The Balaban J connectivity index is 1.06. The molecule has 2 aromatic heterocycles. The van der Waals surface area contributed by atoms with Gasteiger partial charge in [0.2, 0.25) is 0 Å². The molecule has 0 spiro atoms. The summed E-state index contributed by atoms with van der Waals surface area (Å²) >= 11 is 1.85. The summed E-state index contributed by atoms with van der Waals surface area (Å²) in [6, 6.07) is 112. The van der Waals surface area contributed by atoms with E-state index >= 15 is 0 Å². The van der Waals surface area contributed by atoms with Crippen molar-refractivity contribution in [3.8, 4) is 111 Å². The SMILES string of the molecule is Cc1ccc(-c2cccc(-c3c(-c4ccccc4)c(-c4ccc(-c5cc(-c6ccccc6)nc(-c6ccccc6)c5)cc4)c(-c4ccccc4)c4c5cccc6c7cc(-c8ccccc8)c(-c8ccccc8)cc7c7cccc(c34)c7c65)c2)s1. The average molecular weight is 1080 g/mol. The Kier molecular flexibility index (Phi) is 12.0. The third-order valence-corrected chi connectivity index (χ3v) is 18.1. The fraction of sp³-hybridized carbons (Fsp3) is 0.0122. The lowest BCUT2D eigenvalue weighted by atomic mass is 9.75. The number of benzene rings is 14. The molecule has 14 aromatic carbocycles. The molecule has 0 N–H and O–H groups in total. The number of aryl methyl sites for hydroxylation is 1. The highest BCUT2D eigenvalue weighted by molar-refractivity contribution is 7.15. The van der Waals surface area contributed by atoms with E-state index < -0.39 is 0 Å². The second-order valence-corrected chi connectivity index (χ2v) is 23.3. The van der Waals surface area contributed by atoms with Crippen LogP contribution in [0.1, 0.15) is 4.88 Å². The summed E-state index contributed by atoms with van der Waals surface area (Å²) < 4.78 is 0. The van der Waals surface area contributed by atoms with E-state index in [1.54, 1.807) is 0 Å². The van der Waals surface area contributed by atoms with Gasteiger partial charge in [-0.05, 0) is 187 Å². The first-order valence-corrected chi connectivity index (χ1v) is 29.7. The lowest BCUT2D eigenvalue weighted by Crippen LogP contribution is -2.00. The monoisotopic (exact) mass is 1080 g/mol. The van der Waals surface area contributed by atoms with Crippen LogP contribution in [0.5, 0.6) is 0 Å². The van der Waals surface area contributed by atoms with Gasteiger partial charge in [-0.15, -0.1) is 11.3 Å². The molecule has 0 aliphatic heterocycles. The smallest absolute Gasteiger partial charge is 0.0715 e. The molecule has 0 fully saturated rings. The van der Waals surface area contributed by atoms with Crippen molar-refractivity contribution >= 4 is 65.2 Å². The zero-order chi connectivity index (χ0) is 55.7. The van der Waals surface area contributed by atoms with Crippen LogP contribution >= 0.6 is 11.3 Å². The van der Waals surface area contributed by atoms with Gasteiger partial charge in [0.1, 0.15) is 0 Å². The van der Waals surface area contributed by atoms with E-state index in [9.17, 15) is 0 Å². The minimum absolute atomic E-state index is 0.943. The van der Waals surface area contributed by atoms with Crippen LogP contribution in [0.4, 0.5) is 0 Å². The number of aromatic nitrogens is 1. The molecular weight excluding hydrogens is 1030 g/mol. The molecule has 0 amide bonds. The zero-order valence-electron chi connectivity index (χ0n) is 46.2. The van der Waals surface area contributed by atoms with Crippen LogP contribution in [0.3, 0.4) is 0 Å². The zero-order valence-corrected chi connectivity index (χ0v) is 47.0. The van der Waals surface area contributed by atoms with Crippen LogP contribution < -0.4 is 0 Å². The van der Waals surface area contributed by atoms with Crippen molar-refractivity contribution < 1.29 is 0 Å². The van der Waals surface area contributed by atoms with Gasteiger partial charge >= 0.3 is 0 Å². The maximum Gasteiger partial charge on any atom is 0.0715 e. The molecule has 16 aromatic rings. The van der Waals surface area contributed by atoms with Gasteiger partial charge in [0, 0.05) is 20.9 Å². The van der Waals surface area contributed by atoms with Gasteiger partial charge in [-0.2, -0.15) is 0 Å². The molecule has 0 bridgehead atoms. The summed E-state index contributed by atoms with van der Waals surface area (Å²) in [5.41, 5.74) is 21.8. The van der Waals surface area contributed by atoms with E-state index in [0.717, 1.165) is 44.8 Å². The standard InChI is InChI=1S/C82H53NS/c1-52-41-46-74(84-52)61-35-20-36-62(47-61)78-75(58-31-16-6-17-32-58)76(60-44-42-53(43-45-60)63-48-72(56-27-12-4-13-28-56)83-73(49-63)57-29-14-5-15-30-57)77(59-33-18-7-19-34-59)81-66-39-21-37-64-70-50-68(54-23-8-2-9-24-54)69(55-25-10-3-11-26-55)51-71(70)65-38-22-40-67(82(78)81)80(65)79(64)66/h2-51H,1H3. The van der Waals surface area contributed by atoms with Crippen LogP contribution in [0.25, 0.3) is 165 Å². The summed E-state index contributed by atoms with van der Waals surface area (Å²) in [7, 11) is 0. The quantitative estimate of drug-likeness (QED) is 0.0982. The Labute approximate surface area is 493 Å². The van der Waals surface area contributed by atoms with Gasteiger partial charge in [-0.25, -0.2) is 4.98 Å². The lowest BCUT2D eigenvalue weighted by molar-refractivity contribution is 1.32. The van der Waals surface area contributed by atoms with Crippen LogP contribution in [0.2, 0.25) is 0 Å². The third-order valence-electron chi connectivity index (χ3n) is 17.1. The third kappa shape index (κ3) is 8.33. The Morgan fingerprint density at radius 2 is 0.595 bits per heavy atom. The number of thiophene rings is 1. The molecule has 392 valence electrons. The summed E-state index contributed by atoms with van der Waals surface area (Å²) in [5.74, 6) is 0. The van der Waals surface area contributed by atoms with E-state index in [2.05, 4.69) is 310 Å². The van der Waals surface area contributed by atoms with E-state index in [1.165, 1.54) is 125 Å². The molecule has 0 atom stereocenters. The molecule has 16 rings (SSSR count). The van der Waals surface area contributed by atoms with Gasteiger partial charge in [0.15, 0.2) is 0 Å². The summed E-state index contributed by atoms with van der Waals surface area (Å²) in [5, 5.41) is 12.6. The Hall–Kier alpha value is -10.5. The molecule has 0 aliphatic carbocycles. The predicted octanol–water partition coefficient (Wildman–Crippen LogP) is 23.3. The molecule has 0 radical (unpaired) electrons. The van der Waals surface area contributed by atoms with Gasteiger partial charge in [0.25, 0.3) is 0 Å². The minimum Gasteiger partial charge on any atom is -0.248 e. The lowest BCUT2D eigenvalue weighted by Gasteiger charge is -2.28. The molecule has 0 saturated carbocycles. The Bertz CT molecular complexity index is 5070. The molecule has 84 heavy (non-hydrogen) atoms. The Morgan fingerprint density at radius 3 is 1.06 bits per heavy atom. The largest absolute Gasteiger partial charge is 0.248 e. The number of hydrogen-bond acceptors (Lipinski definition) is 2. The van der Waals surface area contributed by atoms with Gasteiger partial charge in [-0.1, -0.05) is 261 Å². The number of rotatable bonds is 10. The van der Waals surface area contributed by atoms with Gasteiger partial charge in [-0.3, -0.25) is 0 Å². The van der Waals surface area contributed by atoms with Gasteiger partial charge < -0.3 is 0 Å². The fourth-order valence-electron chi connectivity index (χ4n) is 13.4. The highest BCUT2D eigenvalue weighted by Gasteiger charge is 2.29. The number of nitrogens with zero attached hydrogens (tertiary/aromatic N) is 1. The highest BCUT2D eigenvalue weighted by Crippen LogP contribution is 2.57. The van der Waals surface area contributed by atoms with E-state index in [4.69, 9.17) is 4.98 Å². The van der Waals surface area contributed by atoms with Crippen molar-refractivity contribution in [3.05, 3.63) is 308 Å². The molecule has 0 saturated heterocycles. The van der Waals surface area contributed by atoms with E-state index in [-0.39, 0.29) is 0 Å². The van der Waals surface area contributed by atoms with Crippen molar-refractivity contribution in [1.29, 1.82) is 0 Å². The molecule has 2 heteroatoms. The number of hydrogen-bond donors (Lipinski definition) is 0. The first-order chi connectivity index (χ1) is 41.6.